The Morgan fingerprint density at radius 2 is 1.49 bits per heavy atom. The van der Waals surface area contributed by atoms with Gasteiger partial charge in [0.15, 0.2) is 6.10 Å². The number of ether oxygens (including phenoxy) is 3. The third kappa shape index (κ3) is 4.54. The maximum absolute atomic E-state index is 14.3. The number of nitrogens with zero attached hydrogens (tertiary/aromatic N) is 1. The molecular weight excluding hydrogens is 657 g/mol. The number of hydrogen-bond donors (Lipinski definition) is 1. The lowest BCUT2D eigenvalue weighted by atomic mass is 9.59. The summed E-state index contributed by atoms with van der Waals surface area (Å²) in [6.45, 7) is 3.25. The number of carbonyl (C=O) groups excluding carboxylic acids is 3. The lowest BCUT2D eigenvalue weighted by molar-refractivity contribution is -0.261. The Morgan fingerprint density at radius 3 is 2.00 bits per heavy atom. The monoisotopic (exact) mass is 685 g/mol. The van der Waals surface area contributed by atoms with Gasteiger partial charge in [0.1, 0.15) is 12.0 Å². The van der Waals surface area contributed by atoms with E-state index in [1.54, 1.807) is 13.8 Å². The fourth-order valence-corrected chi connectivity index (χ4v) is 8.86. The van der Waals surface area contributed by atoms with Gasteiger partial charge >= 0.3 is 33.5 Å². The van der Waals surface area contributed by atoms with E-state index in [1.165, 1.54) is 4.90 Å². The van der Waals surface area contributed by atoms with E-state index in [0.717, 1.165) is 22.3 Å². The Bertz CT molecular complexity index is 1730. The van der Waals surface area contributed by atoms with E-state index in [4.69, 9.17) is 14.0 Å². The molecular formula is C31H28F5NO9S. The SMILES string of the molecule is CC(C)N1C(=O)C2C3OC(C(OC(=O)C4CC5c6ccccc6C4c4ccccc45)C31)C2C(=O)OC(C(F)(F)F)C(F)(F)S(=O)(=O)O. The van der Waals surface area contributed by atoms with Crippen LogP contribution in [0.2, 0.25) is 0 Å². The molecule has 0 radical (unpaired) electrons. The summed E-state index contributed by atoms with van der Waals surface area (Å²) in [7, 11) is -6.70. The van der Waals surface area contributed by atoms with Crippen LogP contribution in [0.4, 0.5) is 22.0 Å². The molecule has 0 aromatic heterocycles. The third-order valence-electron chi connectivity index (χ3n) is 10.1. The van der Waals surface area contributed by atoms with Crippen molar-refractivity contribution in [1.29, 1.82) is 0 Å². The molecule has 1 N–H and O–H groups in total. The molecule has 2 aromatic carbocycles. The van der Waals surface area contributed by atoms with Crippen LogP contribution in [0.5, 0.6) is 0 Å². The fourth-order valence-electron chi connectivity index (χ4n) is 8.41. The maximum atomic E-state index is 14.3. The summed E-state index contributed by atoms with van der Waals surface area (Å²) in [5, 5.41) is -5.97. The van der Waals surface area contributed by atoms with Crippen molar-refractivity contribution in [2.75, 3.05) is 0 Å². The number of esters is 2. The highest BCUT2D eigenvalue weighted by Gasteiger charge is 2.74. The maximum Gasteiger partial charge on any atom is 0.432 e. The molecule has 8 rings (SSSR count). The number of hydrogen-bond acceptors (Lipinski definition) is 8. The molecule has 8 unspecified atom stereocenters. The number of carbonyl (C=O) groups is 3. The van der Waals surface area contributed by atoms with Crippen LogP contribution in [0.3, 0.4) is 0 Å². The molecule has 3 heterocycles. The van der Waals surface area contributed by atoms with E-state index in [2.05, 4.69) is 4.74 Å². The first kappa shape index (κ1) is 31.9. The second-order valence-electron chi connectivity index (χ2n) is 12.9. The van der Waals surface area contributed by atoms with Gasteiger partial charge < -0.3 is 19.1 Å². The number of alkyl halides is 5. The summed E-state index contributed by atoms with van der Waals surface area (Å²) in [5.74, 6) is -8.09. The molecule has 4 bridgehead atoms. The number of rotatable bonds is 7. The van der Waals surface area contributed by atoms with Crippen LogP contribution in [-0.2, 0) is 38.7 Å². The zero-order valence-corrected chi connectivity index (χ0v) is 25.5. The topological polar surface area (TPSA) is 137 Å². The van der Waals surface area contributed by atoms with Crippen LogP contribution in [0, 0.1) is 17.8 Å². The van der Waals surface area contributed by atoms with E-state index in [-0.39, 0.29) is 5.92 Å². The molecule has 252 valence electrons. The average Bonchev–Trinajstić information content (AvgIpc) is 3.61. The molecule has 8 atom stereocenters. The van der Waals surface area contributed by atoms with Crippen molar-refractivity contribution in [2.45, 2.75) is 80.0 Å². The lowest BCUT2D eigenvalue weighted by Gasteiger charge is -2.45. The first-order chi connectivity index (χ1) is 21.9. The summed E-state index contributed by atoms with van der Waals surface area (Å²) in [6.07, 6.45) is -14.5. The second kappa shape index (κ2) is 10.4. The average molecular weight is 686 g/mol. The number of benzene rings is 2. The zero-order valence-electron chi connectivity index (χ0n) is 24.6. The molecule has 3 aliphatic heterocycles. The van der Waals surface area contributed by atoms with E-state index >= 15 is 0 Å². The van der Waals surface area contributed by atoms with Crippen LogP contribution in [0.25, 0.3) is 0 Å². The summed E-state index contributed by atoms with van der Waals surface area (Å²) in [5.41, 5.74) is 4.02. The molecule has 2 aromatic rings. The van der Waals surface area contributed by atoms with E-state index in [9.17, 15) is 44.8 Å². The van der Waals surface area contributed by atoms with Gasteiger partial charge in [-0.25, -0.2) is 0 Å². The highest BCUT2D eigenvalue weighted by Crippen LogP contribution is 2.57. The van der Waals surface area contributed by atoms with Gasteiger partial charge in [-0.3, -0.25) is 18.9 Å². The Labute approximate surface area is 264 Å². The van der Waals surface area contributed by atoms with Gasteiger partial charge in [0.05, 0.1) is 24.0 Å². The van der Waals surface area contributed by atoms with Crippen LogP contribution >= 0.6 is 0 Å². The third-order valence-corrected chi connectivity index (χ3v) is 11.0. The molecule has 3 aliphatic carbocycles. The van der Waals surface area contributed by atoms with E-state index in [0.29, 0.717) is 6.42 Å². The number of halogens is 5. The fraction of sp³-hybridized carbons (Fsp3) is 0.516. The van der Waals surface area contributed by atoms with Crippen LogP contribution < -0.4 is 0 Å². The molecule has 0 saturated carbocycles. The van der Waals surface area contributed by atoms with Crippen molar-refractivity contribution >= 4 is 28.0 Å². The Morgan fingerprint density at radius 1 is 0.936 bits per heavy atom. The second-order valence-corrected chi connectivity index (χ2v) is 14.4. The molecule has 6 aliphatic rings. The molecule has 47 heavy (non-hydrogen) atoms. The van der Waals surface area contributed by atoms with Gasteiger partial charge in [0.25, 0.3) is 6.10 Å². The smallest absolute Gasteiger partial charge is 0.432 e. The summed E-state index contributed by atoms with van der Waals surface area (Å²) >= 11 is 0. The molecule has 0 spiro atoms. The van der Waals surface area contributed by atoms with Crippen molar-refractivity contribution in [3.63, 3.8) is 0 Å². The van der Waals surface area contributed by atoms with Crippen LogP contribution in [0.15, 0.2) is 48.5 Å². The van der Waals surface area contributed by atoms with E-state index < -0.39 is 99.6 Å². The molecule has 1 amide bonds. The minimum Gasteiger partial charge on any atom is -0.457 e. The largest absolute Gasteiger partial charge is 0.457 e. The lowest BCUT2D eigenvalue weighted by Crippen LogP contribution is -2.55. The molecule has 3 fully saturated rings. The summed E-state index contributed by atoms with van der Waals surface area (Å²) in [6, 6.07) is 13.9. The van der Waals surface area contributed by atoms with E-state index in [1.807, 2.05) is 48.5 Å². The Hall–Kier alpha value is -3.63. The van der Waals surface area contributed by atoms with Crippen LogP contribution in [-0.4, -0.2) is 83.6 Å². The van der Waals surface area contributed by atoms with Gasteiger partial charge in [-0.2, -0.15) is 30.4 Å². The van der Waals surface area contributed by atoms with Gasteiger partial charge in [-0.05, 0) is 42.5 Å². The first-order valence-corrected chi connectivity index (χ1v) is 16.4. The number of likely N-dealkylation sites (tertiary alicyclic amines) is 1. The van der Waals surface area contributed by atoms with Gasteiger partial charge in [-0.1, -0.05) is 48.5 Å². The molecule has 16 heteroatoms. The minimum atomic E-state index is -6.70. The van der Waals surface area contributed by atoms with Crippen molar-refractivity contribution in [1.82, 2.24) is 4.90 Å². The zero-order chi connectivity index (χ0) is 34.0. The van der Waals surface area contributed by atoms with Crippen molar-refractivity contribution in [3.05, 3.63) is 70.8 Å². The van der Waals surface area contributed by atoms with Crippen molar-refractivity contribution in [3.8, 4) is 0 Å². The Kier molecular flexibility index (Phi) is 7.09. The quantitative estimate of drug-likeness (QED) is 0.262. The van der Waals surface area contributed by atoms with Crippen molar-refractivity contribution < 1.29 is 63.5 Å². The predicted octanol–water partition coefficient (Wildman–Crippen LogP) is 3.78. The Balaban J connectivity index is 1.21. The van der Waals surface area contributed by atoms with Gasteiger partial charge in [0.2, 0.25) is 5.91 Å². The first-order valence-electron chi connectivity index (χ1n) is 14.9. The predicted molar refractivity (Wildman–Crippen MR) is 148 cm³/mol. The summed E-state index contributed by atoms with van der Waals surface area (Å²) in [4.78, 5) is 42.1. The highest BCUT2D eigenvalue weighted by molar-refractivity contribution is 7.86. The summed E-state index contributed by atoms with van der Waals surface area (Å²) < 4.78 is 117. The molecule has 3 saturated heterocycles. The van der Waals surface area contributed by atoms with Crippen molar-refractivity contribution in [2.24, 2.45) is 17.8 Å². The van der Waals surface area contributed by atoms with Gasteiger partial charge in [-0.15, -0.1) is 0 Å². The standard InChI is InChI=1S/C31H28F5NO9S/c1-12(2)37-22-23-20(26(37)38)21(28(40)46-29(30(32,33)34)31(35,36)47(41,42)43)24(44-23)25(22)45-27(39)18-11-17-13-7-3-5-9-15(13)19(18)16-10-6-4-8-14(16)17/h3-10,12,17-25,29H,11H2,1-2H3,(H,41,42,43). The normalized spacial score (nSPS) is 32.7. The number of amides is 1. The molecule has 10 nitrogen and oxygen atoms in total. The highest BCUT2D eigenvalue weighted by atomic mass is 32.2. The van der Waals surface area contributed by atoms with Crippen LogP contribution in [0.1, 0.15) is 54.4 Å². The number of fused-ring (bicyclic) bond motifs is 2. The van der Waals surface area contributed by atoms with Gasteiger partial charge in [0, 0.05) is 17.9 Å². The minimum absolute atomic E-state index is 0.127.